The molecule has 2 amide bonds. The Morgan fingerprint density at radius 2 is 1.71 bits per heavy atom. The van der Waals surface area contributed by atoms with Crippen LogP contribution in [0.4, 0.5) is 0 Å². The van der Waals surface area contributed by atoms with Crippen molar-refractivity contribution in [3.63, 3.8) is 0 Å². The first-order chi connectivity index (χ1) is 10.2. The number of amides is 2. The van der Waals surface area contributed by atoms with Gasteiger partial charge in [0.1, 0.15) is 5.78 Å². The summed E-state index contributed by atoms with van der Waals surface area (Å²) in [5, 5.41) is 0. The number of hydrogen-bond donors (Lipinski definition) is 0. The molecule has 1 aliphatic heterocycles. The second kappa shape index (κ2) is 5.64. The highest BCUT2D eigenvalue weighted by atomic mass is 16.2. The van der Waals surface area contributed by atoms with Gasteiger partial charge in [0, 0.05) is 24.5 Å². The van der Waals surface area contributed by atoms with Crippen LogP contribution in [0.2, 0.25) is 0 Å². The third kappa shape index (κ3) is 2.66. The lowest BCUT2D eigenvalue weighted by atomic mass is 9.92. The fraction of sp³-hybridized carbons (Fsp3) is 0.353. The van der Waals surface area contributed by atoms with E-state index in [0.717, 1.165) is 24.8 Å². The average Bonchev–Trinajstić information content (AvgIpc) is 3.07. The van der Waals surface area contributed by atoms with Crippen LogP contribution in [0.15, 0.2) is 42.5 Å². The fourth-order valence-electron chi connectivity index (χ4n) is 3.29. The van der Waals surface area contributed by atoms with E-state index < -0.39 is 0 Å². The molecule has 1 fully saturated rings. The molecule has 2 atom stereocenters. The molecule has 1 aromatic rings. The van der Waals surface area contributed by atoms with Crippen LogP contribution >= 0.6 is 0 Å². The number of imide groups is 1. The van der Waals surface area contributed by atoms with Crippen molar-refractivity contribution in [1.29, 1.82) is 0 Å². The van der Waals surface area contributed by atoms with Gasteiger partial charge in [0.15, 0.2) is 0 Å². The summed E-state index contributed by atoms with van der Waals surface area (Å²) in [6.45, 7) is 0. The lowest BCUT2D eigenvalue weighted by Crippen LogP contribution is -2.44. The molecule has 1 heterocycles. The summed E-state index contributed by atoms with van der Waals surface area (Å²) in [5.41, 5.74) is 0.977. The van der Waals surface area contributed by atoms with Gasteiger partial charge in [-0.3, -0.25) is 19.3 Å². The normalized spacial score (nSPS) is 24.9. The summed E-state index contributed by atoms with van der Waals surface area (Å²) in [5.74, 6) is -0.678. The number of Topliss-reactive ketones (excluding diaryl/α,β-unsaturated/α-hetero) is 1. The molecular weight excluding hydrogens is 266 g/mol. The molecule has 1 saturated carbocycles. The van der Waals surface area contributed by atoms with E-state index in [4.69, 9.17) is 0 Å². The zero-order chi connectivity index (χ0) is 14.8. The Labute approximate surface area is 123 Å². The van der Waals surface area contributed by atoms with Gasteiger partial charge < -0.3 is 0 Å². The number of carbonyl (C=O) groups excluding carboxylic acids is 3. The summed E-state index contributed by atoms with van der Waals surface area (Å²) in [6, 6.07) is 9.32. The minimum Gasteiger partial charge on any atom is -0.299 e. The quantitative estimate of drug-likeness (QED) is 0.793. The van der Waals surface area contributed by atoms with E-state index in [1.807, 2.05) is 30.3 Å². The molecule has 0 N–H and O–H groups in total. The number of carbonyl (C=O) groups is 3. The number of ketones is 1. The molecule has 0 radical (unpaired) electrons. The summed E-state index contributed by atoms with van der Waals surface area (Å²) in [4.78, 5) is 37.4. The highest BCUT2D eigenvalue weighted by Crippen LogP contribution is 2.33. The van der Waals surface area contributed by atoms with E-state index in [9.17, 15) is 14.4 Å². The Bertz CT molecular complexity index is 588. The van der Waals surface area contributed by atoms with Gasteiger partial charge in [0.2, 0.25) is 0 Å². The van der Waals surface area contributed by atoms with E-state index in [1.165, 1.54) is 17.1 Å². The smallest absolute Gasteiger partial charge is 0.253 e. The highest BCUT2D eigenvalue weighted by molar-refractivity contribution is 6.13. The molecule has 1 aromatic carbocycles. The van der Waals surface area contributed by atoms with Crippen LogP contribution in [0.1, 0.15) is 24.8 Å². The Kier molecular flexibility index (Phi) is 3.69. The third-order valence-corrected chi connectivity index (χ3v) is 4.29. The standard InChI is InChI=1S/C17H17NO3/c19-15(11-12-5-2-1-3-6-12)13-7-4-8-14(13)18-16(20)9-10-17(18)21/h1-3,5-6,9-10,13-14H,4,7-8,11H2/t13-,14-/m0/s1. The van der Waals surface area contributed by atoms with Crippen molar-refractivity contribution in [2.24, 2.45) is 5.92 Å². The molecule has 0 bridgehead atoms. The predicted molar refractivity (Wildman–Crippen MR) is 77.3 cm³/mol. The Morgan fingerprint density at radius 3 is 2.38 bits per heavy atom. The first kappa shape index (κ1) is 13.7. The molecule has 0 spiro atoms. The zero-order valence-electron chi connectivity index (χ0n) is 11.7. The van der Waals surface area contributed by atoms with Crippen LogP contribution in [-0.4, -0.2) is 28.5 Å². The maximum atomic E-state index is 12.5. The molecule has 4 heteroatoms. The second-order valence-corrected chi connectivity index (χ2v) is 5.61. The minimum absolute atomic E-state index is 0.121. The van der Waals surface area contributed by atoms with Crippen molar-refractivity contribution in [2.45, 2.75) is 31.7 Å². The SMILES string of the molecule is O=C(Cc1ccccc1)[C@H]1CCC[C@@H]1N1C(=O)C=CC1=O. The lowest BCUT2D eigenvalue weighted by Gasteiger charge is -2.27. The first-order valence-electron chi connectivity index (χ1n) is 7.28. The molecule has 0 saturated heterocycles. The second-order valence-electron chi connectivity index (χ2n) is 5.61. The van der Waals surface area contributed by atoms with Gasteiger partial charge in [-0.2, -0.15) is 0 Å². The first-order valence-corrected chi connectivity index (χ1v) is 7.28. The van der Waals surface area contributed by atoms with Crippen molar-refractivity contribution in [1.82, 2.24) is 4.90 Å². The van der Waals surface area contributed by atoms with Crippen LogP contribution in [0.3, 0.4) is 0 Å². The van der Waals surface area contributed by atoms with Gasteiger partial charge in [0.25, 0.3) is 11.8 Å². The molecule has 0 aromatic heterocycles. The number of benzene rings is 1. The van der Waals surface area contributed by atoms with Crippen LogP contribution in [0, 0.1) is 5.92 Å². The molecule has 2 aliphatic rings. The number of nitrogens with zero attached hydrogens (tertiary/aromatic N) is 1. The van der Waals surface area contributed by atoms with Crippen molar-refractivity contribution < 1.29 is 14.4 Å². The molecule has 0 unspecified atom stereocenters. The average molecular weight is 283 g/mol. The highest BCUT2D eigenvalue weighted by Gasteiger charge is 2.41. The predicted octanol–water partition coefficient (Wildman–Crippen LogP) is 1.89. The van der Waals surface area contributed by atoms with Crippen LogP contribution in [0.5, 0.6) is 0 Å². The van der Waals surface area contributed by atoms with Gasteiger partial charge in [-0.15, -0.1) is 0 Å². The summed E-state index contributed by atoms with van der Waals surface area (Å²) < 4.78 is 0. The van der Waals surface area contributed by atoms with Crippen molar-refractivity contribution in [3.05, 3.63) is 48.0 Å². The molecule has 3 rings (SSSR count). The minimum atomic E-state index is -0.288. The zero-order valence-corrected chi connectivity index (χ0v) is 11.7. The van der Waals surface area contributed by atoms with Gasteiger partial charge >= 0.3 is 0 Å². The molecule has 108 valence electrons. The summed E-state index contributed by atoms with van der Waals surface area (Å²) in [7, 11) is 0. The molecular formula is C17H17NO3. The third-order valence-electron chi connectivity index (χ3n) is 4.29. The lowest BCUT2D eigenvalue weighted by molar-refractivity contribution is -0.141. The van der Waals surface area contributed by atoms with E-state index in [-0.39, 0.29) is 29.6 Å². The number of hydrogen-bond acceptors (Lipinski definition) is 3. The van der Waals surface area contributed by atoms with Gasteiger partial charge in [-0.25, -0.2) is 0 Å². The van der Waals surface area contributed by atoms with E-state index >= 15 is 0 Å². The topological polar surface area (TPSA) is 54.5 Å². The maximum Gasteiger partial charge on any atom is 0.253 e. The van der Waals surface area contributed by atoms with E-state index in [0.29, 0.717) is 6.42 Å². The monoisotopic (exact) mass is 283 g/mol. The van der Waals surface area contributed by atoms with Gasteiger partial charge in [-0.05, 0) is 18.4 Å². The van der Waals surface area contributed by atoms with Gasteiger partial charge in [0.05, 0.1) is 6.04 Å². The number of rotatable bonds is 4. The van der Waals surface area contributed by atoms with Crippen LogP contribution < -0.4 is 0 Å². The van der Waals surface area contributed by atoms with Crippen LogP contribution in [0.25, 0.3) is 0 Å². The molecule has 21 heavy (non-hydrogen) atoms. The van der Waals surface area contributed by atoms with E-state index in [2.05, 4.69) is 0 Å². The van der Waals surface area contributed by atoms with E-state index in [1.54, 1.807) is 0 Å². The Morgan fingerprint density at radius 1 is 1.05 bits per heavy atom. The fourth-order valence-corrected chi connectivity index (χ4v) is 3.29. The Balaban J connectivity index is 1.73. The molecule has 1 aliphatic carbocycles. The maximum absolute atomic E-state index is 12.5. The summed E-state index contributed by atoms with van der Waals surface area (Å²) >= 11 is 0. The largest absolute Gasteiger partial charge is 0.299 e. The van der Waals surface area contributed by atoms with Gasteiger partial charge in [-0.1, -0.05) is 36.8 Å². The van der Waals surface area contributed by atoms with Crippen molar-refractivity contribution in [3.8, 4) is 0 Å². The van der Waals surface area contributed by atoms with Crippen LogP contribution in [-0.2, 0) is 20.8 Å². The van der Waals surface area contributed by atoms with Crippen molar-refractivity contribution >= 4 is 17.6 Å². The van der Waals surface area contributed by atoms with Crippen molar-refractivity contribution in [2.75, 3.05) is 0 Å². The molecule has 4 nitrogen and oxygen atoms in total. The Hall–Kier alpha value is -2.23. The summed E-state index contributed by atoms with van der Waals surface area (Å²) in [6.07, 6.45) is 5.31.